The topological polar surface area (TPSA) is 118 Å². The molecule has 0 saturated heterocycles. The SMILES string of the molecule is Cc1cnc2ccc(Cc3nc4ncnc(NCc5ccc6c(N)nccc6c5)c4[nH]3)cc2c1. The molecule has 8 heteroatoms. The number of benzene rings is 2. The van der Waals surface area contributed by atoms with Crippen LogP contribution >= 0.6 is 0 Å². The van der Waals surface area contributed by atoms with Crippen molar-refractivity contribution < 1.29 is 0 Å². The van der Waals surface area contributed by atoms with Crippen LogP contribution in [0.4, 0.5) is 11.6 Å². The van der Waals surface area contributed by atoms with Gasteiger partial charge in [-0.25, -0.2) is 19.9 Å². The predicted octanol–water partition coefficient (Wildman–Crippen LogP) is 4.54. The zero-order valence-electron chi connectivity index (χ0n) is 18.6. The van der Waals surface area contributed by atoms with Crippen LogP contribution in [0.3, 0.4) is 0 Å². The number of imidazole rings is 1. The van der Waals surface area contributed by atoms with E-state index in [-0.39, 0.29) is 0 Å². The van der Waals surface area contributed by atoms with Crippen molar-refractivity contribution >= 4 is 44.5 Å². The molecule has 0 aliphatic carbocycles. The van der Waals surface area contributed by atoms with E-state index < -0.39 is 0 Å². The molecule has 0 aliphatic rings. The highest BCUT2D eigenvalue weighted by Gasteiger charge is 2.11. The van der Waals surface area contributed by atoms with Crippen molar-refractivity contribution in [1.29, 1.82) is 0 Å². The Hall–Kier alpha value is -4.59. The Balaban J connectivity index is 1.25. The Morgan fingerprint density at radius 2 is 1.79 bits per heavy atom. The van der Waals surface area contributed by atoms with Crippen LogP contribution in [0, 0.1) is 6.92 Å². The van der Waals surface area contributed by atoms with Crippen molar-refractivity contribution in [3.8, 4) is 0 Å². The molecule has 0 saturated carbocycles. The summed E-state index contributed by atoms with van der Waals surface area (Å²) in [4.78, 5) is 25.5. The Bertz CT molecular complexity index is 1670. The molecule has 4 aromatic heterocycles. The molecule has 0 fully saturated rings. The molecule has 8 nitrogen and oxygen atoms in total. The van der Waals surface area contributed by atoms with E-state index in [9.17, 15) is 0 Å². The lowest BCUT2D eigenvalue weighted by molar-refractivity contribution is 1.04. The second-order valence-electron chi connectivity index (χ2n) is 8.43. The summed E-state index contributed by atoms with van der Waals surface area (Å²) in [5, 5.41) is 6.55. The molecule has 0 spiro atoms. The van der Waals surface area contributed by atoms with Gasteiger partial charge in [-0.1, -0.05) is 18.2 Å². The van der Waals surface area contributed by atoms with Crippen molar-refractivity contribution in [2.24, 2.45) is 0 Å². The van der Waals surface area contributed by atoms with Crippen molar-refractivity contribution in [3.05, 3.63) is 89.8 Å². The van der Waals surface area contributed by atoms with Crippen LogP contribution in [0.5, 0.6) is 0 Å². The molecule has 4 N–H and O–H groups in total. The number of fused-ring (bicyclic) bond motifs is 3. The number of aryl methyl sites for hydroxylation is 1. The number of pyridine rings is 2. The summed E-state index contributed by atoms with van der Waals surface area (Å²) < 4.78 is 0. The fourth-order valence-corrected chi connectivity index (χ4v) is 4.23. The number of hydrogen-bond acceptors (Lipinski definition) is 7. The molecule has 0 amide bonds. The molecule has 0 bridgehead atoms. The molecular weight excluding hydrogens is 424 g/mol. The minimum atomic E-state index is 0.539. The lowest BCUT2D eigenvalue weighted by Crippen LogP contribution is -2.03. The fraction of sp³-hybridized carbons (Fsp3) is 0.115. The van der Waals surface area contributed by atoms with Crippen LogP contribution in [0.25, 0.3) is 32.8 Å². The summed E-state index contributed by atoms with van der Waals surface area (Å²) >= 11 is 0. The monoisotopic (exact) mass is 446 g/mol. The van der Waals surface area contributed by atoms with Crippen molar-refractivity contribution in [3.63, 3.8) is 0 Å². The third kappa shape index (κ3) is 3.75. The number of nitrogens with one attached hydrogen (secondary N) is 2. The lowest BCUT2D eigenvalue weighted by Gasteiger charge is -2.08. The minimum Gasteiger partial charge on any atom is -0.383 e. The summed E-state index contributed by atoms with van der Waals surface area (Å²) in [5.74, 6) is 2.10. The maximum Gasteiger partial charge on any atom is 0.183 e. The van der Waals surface area contributed by atoms with Gasteiger partial charge in [0, 0.05) is 36.1 Å². The number of nitrogen functional groups attached to an aromatic ring is 1. The average molecular weight is 447 g/mol. The van der Waals surface area contributed by atoms with Crippen molar-refractivity contribution in [1.82, 2.24) is 29.9 Å². The van der Waals surface area contributed by atoms with Crippen LogP contribution in [0.1, 0.15) is 22.5 Å². The molecule has 34 heavy (non-hydrogen) atoms. The molecule has 2 aromatic carbocycles. The Morgan fingerprint density at radius 1 is 0.912 bits per heavy atom. The van der Waals surface area contributed by atoms with Crippen LogP contribution in [-0.2, 0) is 13.0 Å². The molecule has 6 aromatic rings. The molecule has 0 radical (unpaired) electrons. The molecule has 0 unspecified atom stereocenters. The number of nitrogens with zero attached hydrogens (tertiary/aromatic N) is 5. The van der Waals surface area contributed by atoms with Crippen LogP contribution < -0.4 is 11.1 Å². The molecule has 4 heterocycles. The second kappa shape index (κ2) is 8.08. The van der Waals surface area contributed by atoms with E-state index in [2.05, 4.69) is 66.4 Å². The van der Waals surface area contributed by atoms with Gasteiger partial charge in [0.2, 0.25) is 0 Å². The Kier molecular flexibility index (Phi) is 4.76. The number of anilines is 2. The number of nitrogens with two attached hydrogens (primary N) is 1. The first-order valence-electron chi connectivity index (χ1n) is 11.0. The van der Waals surface area contributed by atoms with E-state index in [4.69, 9.17) is 5.73 Å². The number of H-pyrrole nitrogens is 1. The fourth-order valence-electron chi connectivity index (χ4n) is 4.23. The van der Waals surface area contributed by atoms with E-state index in [0.29, 0.717) is 24.4 Å². The van der Waals surface area contributed by atoms with Gasteiger partial charge in [-0.3, -0.25) is 4.98 Å². The summed E-state index contributed by atoms with van der Waals surface area (Å²) in [6.45, 7) is 2.66. The smallest absolute Gasteiger partial charge is 0.183 e. The molecule has 166 valence electrons. The zero-order valence-corrected chi connectivity index (χ0v) is 18.6. The van der Waals surface area contributed by atoms with Gasteiger partial charge in [-0.15, -0.1) is 0 Å². The van der Waals surface area contributed by atoms with Gasteiger partial charge in [-0.2, -0.15) is 0 Å². The standard InChI is InChI=1S/C26H22N8/c1-15-8-19-9-16(3-5-21(19)29-12-15)11-22-33-23-25(31-14-32-26(23)34-22)30-13-17-2-4-20-18(10-17)6-7-28-24(20)27/h2-10,12,14H,11,13H2,1H3,(H2,27,28)(H2,30,31,32,33,34). The van der Waals surface area contributed by atoms with Gasteiger partial charge < -0.3 is 16.0 Å². The highest BCUT2D eigenvalue weighted by Crippen LogP contribution is 2.23. The first-order chi connectivity index (χ1) is 16.6. The quantitative estimate of drug-likeness (QED) is 0.356. The third-order valence-electron chi connectivity index (χ3n) is 5.91. The lowest BCUT2D eigenvalue weighted by atomic mass is 10.1. The van der Waals surface area contributed by atoms with Crippen molar-refractivity contribution in [2.45, 2.75) is 19.9 Å². The zero-order chi connectivity index (χ0) is 23.1. The van der Waals surface area contributed by atoms with E-state index in [0.717, 1.165) is 55.5 Å². The van der Waals surface area contributed by atoms with Gasteiger partial charge in [0.05, 0.1) is 5.52 Å². The van der Waals surface area contributed by atoms with Crippen LogP contribution in [0.2, 0.25) is 0 Å². The van der Waals surface area contributed by atoms with Crippen LogP contribution in [0.15, 0.2) is 67.3 Å². The third-order valence-corrected chi connectivity index (χ3v) is 5.91. The molecular formula is C26H22N8. The number of aromatic nitrogens is 6. The first kappa shape index (κ1) is 20.0. The van der Waals surface area contributed by atoms with Gasteiger partial charge in [-0.05, 0) is 59.3 Å². The van der Waals surface area contributed by atoms with Gasteiger partial charge in [0.15, 0.2) is 11.5 Å². The first-order valence-corrected chi connectivity index (χ1v) is 11.0. The summed E-state index contributed by atoms with van der Waals surface area (Å²) in [6, 6.07) is 16.6. The van der Waals surface area contributed by atoms with Crippen LogP contribution in [-0.4, -0.2) is 29.9 Å². The predicted molar refractivity (Wildman–Crippen MR) is 134 cm³/mol. The minimum absolute atomic E-state index is 0.539. The van der Waals surface area contributed by atoms with Gasteiger partial charge in [0.25, 0.3) is 0 Å². The Morgan fingerprint density at radius 3 is 2.74 bits per heavy atom. The molecule has 6 rings (SSSR count). The van der Waals surface area contributed by atoms with E-state index in [1.54, 1.807) is 6.20 Å². The van der Waals surface area contributed by atoms with E-state index in [1.165, 1.54) is 6.33 Å². The van der Waals surface area contributed by atoms with E-state index >= 15 is 0 Å². The van der Waals surface area contributed by atoms with E-state index in [1.807, 2.05) is 30.5 Å². The summed E-state index contributed by atoms with van der Waals surface area (Å²) in [5.41, 5.74) is 11.8. The number of aromatic amines is 1. The van der Waals surface area contributed by atoms with Gasteiger partial charge >= 0.3 is 0 Å². The highest BCUT2D eigenvalue weighted by atomic mass is 15.1. The second-order valence-corrected chi connectivity index (χ2v) is 8.43. The van der Waals surface area contributed by atoms with Gasteiger partial charge in [0.1, 0.15) is 23.5 Å². The summed E-state index contributed by atoms with van der Waals surface area (Å²) in [7, 11) is 0. The number of hydrogen-bond donors (Lipinski definition) is 3. The average Bonchev–Trinajstić information content (AvgIpc) is 3.25. The maximum absolute atomic E-state index is 5.97. The highest BCUT2D eigenvalue weighted by molar-refractivity contribution is 5.91. The summed E-state index contributed by atoms with van der Waals surface area (Å²) in [6.07, 6.45) is 5.81. The largest absolute Gasteiger partial charge is 0.383 e. The number of rotatable bonds is 5. The van der Waals surface area contributed by atoms with Crippen molar-refractivity contribution in [2.75, 3.05) is 11.1 Å². The normalized spacial score (nSPS) is 11.4. The molecule has 0 atom stereocenters. The maximum atomic E-state index is 5.97. The Labute approximate surface area is 195 Å². The molecule has 0 aliphatic heterocycles.